The first kappa shape index (κ1) is 17.7. The number of nitrogens with one attached hydrogen (secondary N) is 1. The highest BCUT2D eigenvalue weighted by Crippen LogP contribution is 2.42. The van der Waals surface area contributed by atoms with Gasteiger partial charge in [-0.25, -0.2) is 14.0 Å². The summed E-state index contributed by atoms with van der Waals surface area (Å²) in [4.78, 5) is 27.0. The summed E-state index contributed by atoms with van der Waals surface area (Å²) in [6, 6.07) is 3.23. The fraction of sp³-hybridized carbons (Fsp3) is 0.556. The second-order valence-electron chi connectivity index (χ2n) is 6.79. The van der Waals surface area contributed by atoms with Crippen molar-refractivity contribution in [2.75, 3.05) is 42.6 Å². The molecular weight excluding hydrogens is 357 g/mol. The van der Waals surface area contributed by atoms with Gasteiger partial charge in [0.25, 0.3) is 0 Å². The molecule has 0 aromatic heterocycles. The molecule has 146 valence electrons. The van der Waals surface area contributed by atoms with Gasteiger partial charge in [-0.2, -0.15) is 0 Å². The first-order valence-corrected chi connectivity index (χ1v) is 9.18. The standard InChI is InChI=1S/C18H22FN3O5/c1-2-25-17(23)20-8-13-9-22(18(24)27-13)12-6-14(19)16-15(7-12)26-10-11-4-3-5-21(11)16/h6-7,11,13H,2-5,8-10H2,1H3,(H,20,23)/t11-,13-/m0/s1. The lowest BCUT2D eigenvalue weighted by molar-refractivity contribution is 0.127. The van der Waals surface area contributed by atoms with E-state index in [2.05, 4.69) is 5.32 Å². The van der Waals surface area contributed by atoms with Gasteiger partial charge >= 0.3 is 12.2 Å². The van der Waals surface area contributed by atoms with Crippen LogP contribution in [-0.2, 0) is 9.47 Å². The Morgan fingerprint density at radius 3 is 3.11 bits per heavy atom. The van der Waals surface area contributed by atoms with E-state index >= 15 is 0 Å². The van der Waals surface area contributed by atoms with Crippen LogP contribution in [-0.4, -0.2) is 57.2 Å². The van der Waals surface area contributed by atoms with Gasteiger partial charge in [-0.15, -0.1) is 0 Å². The van der Waals surface area contributed by atoms with Crippen LogP contribution in [0.15, 0.2) is 12.1 Å². The maximum absolute atomic E-state index is 14.8. The lowest BCUT2D eigenvalue weighted by atomic mass is 10.1. The predicted octanol–water partition coefficient (Wildman–Crippen LogP) is 2.26. The zero-order valence-electron chi connectivity index (χ0n) is 15.1. The molecule has 9 heteroatoms. The molecule has 3 aliphatic rings. The van der Waals surface area contributed by atoms with Crippen LogP contribution in [0.4, 0.5) is 25.4 Å². The predicted molar refractivity (Wildman–Crippen MR) is 94.9 cm³/mol. The summed E-state index contributed by atoms with van der Waals surface area (Å²) in [6.07, 6.45) is 0.321. The van der Waals surface area contributed by atoms with Crippen LogP contribution in [0.25, 0.3) is 0 Å². The highest BCUT2D eigenvalue weighted by atomic mass is 19.1. The molecule has 0 bridgehead atoms. The zero-order chi connectivity index (χ0) is 19.0. The van der Waals surface area contributed by atoms with Crippen LogP contribution in [0.3, 0.4) is 0 Å². The molecule has 4 rings (SSSR count). The second-order valence-corrected chi connectivity index (χ2v) is 6.79. The number of anilines is 2. The van der Waals surface area contributed by atoms with Crippen molar-refractivity contribution in [3.8, 4) is 5.75 Å². The maximum atomic E-state index is 14.8. The van der Waals surface area contributed by atoms with E-state index in [-0.39, 0.29) is 25.7 Å². The molecule has 3 heterocycles. The Labute approximate surface area is 156 Å². The lowest BCUT2D eigenvalue weighted by Gasteiger charge is -2.34. The first-order valence-electron chi connectivity index (χ1n) is 9.18. The Hall–Kier alpha value is -2.71. The quantitative estimate of drug-likeness (QED) is 0.864. The number of carbonyl (C=O) groups is 2. The van der Waals surface area contributed by atoms with Gasteiger partial charge in [0.05, 0.1) is 31.4 Å². The van der Waals surface area contributed by atoms with Gasteiger partial charge in [0.15, 0.2) is 5.82 Å². The summed E-state index contributed by atoms with van der Waals surface area (Å²) in [6.45, 7) is 3.62. The number of ether oxygens (including phenoxy) is 3. The Morgan fingerprint density at radius 2 is 2.30 bits per heavy atom. The number of nitrogens with zero attached hydrogens (tertiary/aromatic N) is 2. The monoisotopic (exact) mass is 379 g/mol. The van der Waals surface area contributed by atoms with Crippen LogP contribution >= 0.6 is 0 Å². The number of halogens is 1. The number of hydrogen-bond donors (Lipinski definition) is 1. The Balaban J connectivity index is 1.48. The summed E-state index contributed by atoms with van der Waals surface area (Å²) < 4.78 is 30.6. The Bertz CT molecular complexity index is 759. The van der Waals surface area contributed by atoms with E-state index in [0.29, 0.717) is 23.7 Å². The summed E-state index contributed by atoms with van der Waals surface area (Å²) in [5.74, 6) is 0.0408. The third kappa shape index (κ3) is 3.33. The summed E-state index contributed by atoms with van der Waals surface area (Å²) in [5, 5.41) is 2.53. The van der Waals surface area contributed by atoms with Gasteiger partial charge in [0, 0.05) is 18.7 Å². The van der Waals surface area contributed by atoms with Crippen LogP contribution in [0, 0.1) is 5.82 Å². The van der Waals surface area contributed by atoms with Gasteiger partial charge in [-0.1, -0.05) is 0 Å². The molecule has 0 radical (unpaired) electrons. The van der Waals surface area contributed by atoms with Crippen LogP contribution in [0.1, 0.15) is 19.8 Å². The molecule has 1 N–H and O–H groups in total. The van der Waals surface area contributed by atoms with Crippen molar-refractivity contribution in [2.45, 2.75) is 31.9 Å². The molecule has 27 heavy (non-hydrogen) atoms. The Kier molecular flexibility index (Phi) is 4.67. The van der Waals surface area contributed by atoms with Crippen LogP contribution in [0.5, 0.6) is 5.75 Å². The molecule has 0 saturated carbocycles. The van der Waals surface area contributed by atoms with Crippen molar-refractivity contribution in [2.24, 2.45) is 0 Å². The zero-order valence-corrected chi connectivity index (χ0v) is 15.1. The molecule has 3 aliphatic heterocycles. The normalized spacial score (nSPS) is 23.4. The highest BCUT2D eigenvalue weighted by Gasteiger charge is 2.37. The third-order valence-corrected chi connectivity index (χ3v) is 5.04. The van der Waals surface area contributed by atoms with E-state index in [1.807, 2.05) is 4.90 Å². The molecular formula is C18H22FN3O5. The summed E-state index contributed by atoms with van der Waals surface area (Å²) >= 11 is 0. The average molecular weight is 379 g/mol. The van der Waals surface area contributed by atoms with Crippen LogP contribution in [0.2, 0.25) is 0 Å². The second kappa shape index (κ2) is 7.13. The molecule has 8 nitrogen and oxygen atoms in total. The number of amides is 2. The molecule has 2 saturated heterocycles. The van der Waals surface area contributed by atoms with Crippen molar-refractivity contribution in [3.05, 3.63) is 17.9 Å². The number of cyclic esters (lactones) is 1. The van der Waals surface area contributed by atoms with Gasteiger partial charge in [-0.05, 0) is 19.8 Å². The maximum Gasteiger partial charge on any atom is 0.414 e. The van der Waals surface area contributed by atoms with E-state index in [1.165, 1.54) is 11.0 Å². The van der Waals surface area contributed by atoms with E-state index in [4.69, 9.17) is 14.2 Å². The molecule has 2 atom stereocenters. The number of fused-ring (bicyclic) bond motifs is 3. The first-order chi connectivity index (χ1) is 13.1. The minimum atomic E-state index is -0.583. The topological polar surface area (TPSA) is 80.3 Å². The number of hydrogen-bond acceptors (Lipinski definition) is 6. The van der Waals surface area contributed by atoms with Gasteiger partial charge in [0.2, 0.25) is 0 Å². The average Bonchev–Trinajstić information content (AvgIpc) is 3.26. The smallest absolute Gasteiger partial charge is 0.414 e. The molecule has 2 amide bonds. The van der Waals surface area contributed by atoms with Crippen molar-refractivity contribution < 1.29 is 28.2 Å². The minimum absolute atomic E-state index is 0.125. The molecule has 1 aromatic carbocycles. The number of rotatable bonds is 4. The molecule has 1 aromatic rings. The van der Waals surface area contributed by atoms with Crippen molar-refractivity contribution in [3.63, 3.8) is 0 Å². The van der Waals surface area contributed by atoms with Gasteiger partial charge < -0.3 is 24.4 Å². The number of benzene rings is 1. The third-order valence-electron chi connectivity index (χ3n) is 5.04. The van der Waals surface area contributed by atoms with Gasteiger partial charge in [0.1, 0.15) is 24.1 Å². The fourth-order valence-corrected chi connectivity index (χ4v) is 3.81. The van der Waals surface area contributed by atoms with E-state index in [0.717, 1.165) is 19.4 Å². The van der Waals surface area contributed by atoms with E-state index < -0.39 is 24.1 Å². The van der Waals surface area contributed by atoms with Crippen molar-refractivity contribution in [1.29, 1.82) is 0 Å². The fourth-order valence-electron chi connectivity index (χ4n) is 3.81. The SMILES string of the molecule is CCOC(=O)NC[C@H]1CN(c2cc(F)c3c(c2)OC[C@@H]2CCCN32)C(=O)O1. The van der Waals surface area contributed by atoms with Crippen LogP contribution < -0.4 is 19.9 Å². The summed E-state index contributed by atoms with van der Waals surface area (Å²) in [7, 11) is 0. The Morgan fingerprint density at radius 1 is 1.44 bits per heavy atom. The van der Waals surface area contributed by atoms with Crippen molar-refractivity contribution in [1.82, 2.24) is 5.32 Å². The molecule has 2 fully saturated rings. The lowest BCUT2D eigenvalue weighted by Crippen LogP contribution is -2.39. The van der Waals surface area contributed by atoms with Gasteiger partial charge in [-0.3, -0.25) is 4.90 Å². The van der Waals surface area contributed by atoms with Crippen molar-refractivity contribution >= 4 is 23.6 Å². The van der Waals surface area contributed by atoms with E-state index in [1.54, 1.807) is 13.0 Å². The molecule has 0 spiro atoms. The minimum Gasteiger partial charge on any atom is -0.489 e. The summed E-state index contributed by atoms with van der Waals surface area (Å²) in [5.41, 5.74) is 0.855. The number of carbonyl (C=O) groups excluding carboxylic acids is 2. The largest absolute Gasteiger partial charge is 0.489 e. The highest BCUT2D eigenvalue weighted by molar-refractivity contribution is 5.91. The molecule has 0 aliphatic carbocycles. The number of alkyl carbamates (subject to hydrolysis) is 1. The van der Waals surface area contributed by atoms with E-state index in [9.17, 15) is 14.0 Å². The molecule has 0 unspecified atom stereocenters.